The van der Waals surface area contributed by atoms with Gasteiger partial charge in [-0.2, -0.15) is 0 Å². The Balaban J connectivity index is 1.80. The number of nitrogens with zero attached hydrogens (tertiary/aromatic N) is 1. The Kier molecular flexibility index (Phi) is 5.18. The third kappa shape index (κ3) is 4.16. The van der Waals surface area contributed by atoms with E-state index in [1.807, 2.05) is 67.6 Å². The summed E-state index contributed by atoms with van der Waals surface area (Å²) in [5.74, 6) is -0.147. The molecule has 1 heterocycles. The van der Waals surface area contributed by atoms with Gasteiger partial charge in [0.25, 0.3) is 5.91 Å². The second-order valence-corrected chi connectivity index (χ2v) is 6.67. The molecule has 1 N–H and O–H groups in total. The minimum atomic E-state index is -0.147. The third-order valence-electron chi connectivity index (χ3n) is 3.28. The average molecular weight is 355 g/mol. The van der Waals surface area contributed by atoms with Crippen molar-refractivity contribution in [2.75, 3.05) is 0 Å². The summed E-state index contributed by atoms with van der Waals surface area (Å²) in [6.45, 7) is 1.97. The summed E-state index contributed by atoms with van der Waals surface area (Å²) in [5.41, 5.74) is 2.73. The second-order valence-electron chi connectivity index (χ2n) is 5.23. The van der Waals surface area contributed by atoms with Crippen LogP contribution in [-0.2, 0) is 4.79 Å². The van der Waals surface area contributed by atoms with Crippen LogP contribution in [0.2, 0.25) is 5.02 Å². The van der Waals surface area contributed by atoms with E-state index >= 15 is 0 Å². The molecule has 1 saturated heterocycles. The molecule has 0 atom stereocenters. The molecular weight excluding hydrogens is 340 g/mol. The Morgan fingerprint density at radius 2 is 1.83 bits per heavy atom. The normalized spacial score (nSPS) is 18.2. The first-order valence-electron chi connectivity index (χ1n) is 7.39. The minimum Gasteiger partial charge on any atom is -0.300 e. The summed E-state index contributed by atoms with van der Waals surface area (Å²) in [4.78, 5) is 17.1. The van der Waals surface area contributed by atoms with Crippen LogP contribution in [-0.4, -0.2) is 11.1 Å². The van der Waals surface area contributed by atoms with Gasteiger partial charge in [-0.1, -0.05) is 60.1 Å². The van der Waals surface area contributed by atoms with E-state index in [9.17, 15) is 4.79 Å². The van der Waals surface area contributed by atoms with Crippen LogP contribution in [0, 0.1) is 0 Å². The number of amides is 1. The Morgan fingerprint density at radius 1 is 1.12 bits per heavy atom. The number of allylic oxidation sites excluding steroid dienone is 2. The quantitative estimate of drug-likeness (QED) is 0.772. The van der Waals surface area contributed by atoms with Gasteiger partial charge in [-0.25, -0.2) is 4.99 Å². The van der Waals surface area contributed by atoms with Crippen LogP contribution in [0.15, 0.2) is 76.1 Å². The van der Waals surface area contributed by atoms with Crippen molar-refractivity contribution in [1.29, 1.82) is 0 Å². The van der Waals surface area contributed by atoms with E-state index in [0.717, 1.165) is 11.1 Å². The van der Waals surface area contributed by atoms with Gasteiger partial charge in [-0.15, -0.1) is 0 Å². The predicted molar refractivity (Wildman–Crippen MR) is 102 cm³/mol. The van der Waals surface area contributed by atoms with Gasteiger partial charge >= 0.3 is 0 Å². The van der Waals surface area contributed by atoms with Gasteiger partial charge in [0.1, 0.15) is 0 Å². The zero-order valence-corrected chi connectivity index (χ0v) is 14.6. The fraction of sp³-hybridized carbons (Fsp3) is 0.0526. The van der Waals surface area contributed by atoms with Crippen LogP contribution in [0.1, 0.15) is 12.5 Å². The van der Waals surface area contributed by atoms with Crippen molar-refractivity contribution in [1.82, 2.24) is 5.32 Å². The largest absolute Gasteiger partial charge is 0.300 e. The number of nitrogens with one attached hydrogen (secondary N) is 1. The summed E-state index contributed by atoms with van der Waals surface area (Å²) in [7, 11) is 0. The monoisotopic (exact) mass is 354 g/mol. The molecule has 0 radical (unpaired) electrons. The number of benzene rings is 2. The number of hydrogen-bond donors (Lipinski definition) is 1. The molecule has 0 unspecified atom stereocenters. The van der Waals surface area contributed by atoms with Gasteiger partial charge in [0, 0.05) is 0 Å². The summed E-state index contributed by atoms with van der Waals surface area (Å²) < 4.78 is 0. The Bertz CT molecular complexity index is 857. The molecule has 3 rings (SSSR count). The maximum atomic E-state index is 12.1. The molecule has 3 nitrogen and oxygen atoms in total. The molecule has 0 aliphatic carbocycles. The molecule has 0 saturated carbocycles. The number of aliphatic imine (C=N–C) groups is 1. The van der Waals surface area contributed by atoms with E-state index in [-0.39, 0.29) is 5.91 Å². The highest BCUT2D eigenvalue weighted by Crippen LogP contribution is 2.30. The molecule has 24 heavy (non-hydrogen) atoms. The number of thioether (sulfide) groups is 1. The number of hydrogen-bond acceptors (Lipinski definition) is 3. The van der Waals surface area contributed by atoms with Crippen LogP contribution in [0.3, 0.4) is 0 Å². The van der Waals surface area contributed by atoms with Crippen LogP contribution in [0.25, 0.3) is 6.08 Å². The number of rotatable bonds is 3. The minimum absolute atomic E-state index is 0.147. The average Bonchev–Trinajstić information content (AvgIpc) is 2.90. The number of amidine groups is 1. The molecule has 1 aliphatic heterocycles. The smallest absolute Gasteiger partial charge is 0.264 e. The SMILES string of the molecule is CC(=C\c1ccccc1)/C=C1/SC(=Nc2ccccc2Cl)NC1=O. The zero-order chi connectivity index (χ0) is 16.9. The maximum Gasteiger partial charge on any atom is 0.264 e. The van der Waals surface area contributed by atoms with Crippen molar-refractivity contribution >= 4 is 46.2 Å². The number of para-hydroxylation sites is 1. The van der Waals surface area contributed by atoms with Gasteiger partial charge in [0.2, 0.25) is 0 Å². The summed E-state index contributed by atoms with van der Waals surface area (Å²) in [5, 5.41) is 3.86. The molecule has 1 amide bonds. The fourth-order valence-electron chi connectivity index (χ4n) is 2.19. The zero-order valence-electron chi connectivity index (χ0n) is 13.0. The number of carbonyl (C=O) groups is 1. The van der Waals surface area contributed by atoms with E-state index in [1.54, 1.807) is 6.07 Å². The lowest BCUT2D eigenvalue weighted by molar-refractivity contribution is -0.115. The van der Waals surface area contributed by atoms with E-state index in [4.69, 9.17) is 11.6 Å². The molecule has 2 aromatic rings. The van der Waals surface area contributed by atoms with Crippen molar-refractivity contribution in [3.05, 3.63) is 81.7 Å². The molecule has 120 valence electrons. The van der Waals surface area contributed by atoms with Crippen molar-refractivity contribution in [2.45, 2.75) is 6.92 Å². The van der Waals surface area contributed by atoms with E-state index in [0.29, 0.717) is 20.8 Å². The number of carbonyl (C=O) groups excluding carboxylic acids is 1. The molecule has 5 heteroatoms. The van der Waals surface area contributed by atoms with Crippen LogP contribution < -0.4 is 5.32 Å². The maximum absolute atomic E-state index is 12.1. The van der Waals surface area contributed by atoms with E-state index in [2.05, 4.69) is 10.3 Å². The van der Waals surface area contributed by atoms with Gasteiger partial charge in [0.05, 0.1) is 15.6 Å². The predicted octanol–water partition coefficient (Wildman–Crippen LogP) is 5.18. The molecular formula is C19H15ClN2OS. The first kappa shape index (κ1) is 16.6. The Labute approximate surface area is 150 Å². The van der Waals surface area contributed by atoms with E-state index < -0.39 is 0 Å². The first-order chi connectivity index (χ1) is 11.6. The Morgan fingerprint density at radius 3 is 2.58 bits per heavy atom. The standard InChI is InChI=1S/C19H15ClN2OS/c1-13(11-14-7-3-2-4-8-14)12-17-18(23)22-19(24-17)21-16-10-6-5-9-15(16)20/h2-12H,1H3,(H,21,22,23)/b13-11+,17-12+. The van der Waals surface area contributed by atoms with Gasteiger partial charge in [-0.05, 0) is 48.0 Å². The van der Waals surface area contributed by atoms with Crippen LogP contribution in [0.4, 0.5) is 5.69 Å². The first-order valence-corrected chi connectivity index (χ1v) is 8.59. The highest BCUT2D eigenvalue weighted by molar-refractivity contribution is 8.18. The lowest BCUT2D eigenvalue weighted by atomic mass is 10.1. The lowest BCUT2D eigenvalue weighted by Crippen LogP contribution is -2.19. The molecule has 0 bridgehead atoms. The summed E-state index contributed by atoms with van der Waals surface area (Å²) in [6.07, 6.45) is 3.90. The highest BCUT2D eigenvalue weighted by Gasteiger charge is 2.23. The lowest BCUT2D eigenvalue weighted by Gasteiger charge is -1.98. The highest BCUT2D eigenvalue weighted by atomic mass is 35.5. The van der Waals surface area contributed by atoms with Crippen LogP contribution in [0.5, 0.6) is 0 Å². The van der Waals surface area contributed by atoms with Crippen molar-refractivity contribution in [3.8, 4) is 0 Å². The molecule has 1 aliphatic rings. The summed E-state index contributed by atoms with van der Waals surface area (Å²) in [6, 6.07) is 17.3. The Hall–Kier alpha value is -2.30. The number of halogens is 1. The molecule has 2 aromatic carbocycles. The van der Waals surface area contributed by atoms with Crippen molar-refractivity contribution in [2.24, 2.45) is 4.99 Å². The molecule has 0 aromatic heterocycles. The van der Waals surface area contributed by atoms with Crippen molar-refractivity contribution in [3.63, 3.8) is 0 Å². The van der Waals surface area contributed by atoms with Gasteiger partial charge in [0.15, 0.2) is 5.17 Å². The molecule has 0 spiro atoms. The third-order valence-corrected chi connectivity index (χ3v) is 4.51. The summed E-state index contributed by atoms with van der Waals surface area (Å²) >= 11 is 7.41. The second kappa shape index (κ2) is 7.51. The fourth-order valence-corrected chi connectivity index (χ4v) is 3.26. The van der Waals surface area contributed by atoms with Crippen molar-refractivity contribution < 1.29 is 4.79 Å². The topological polar surface area (TPSA) is 41.5 Å². The van der Waals surface area contributed by atoms with Gasteiger partial charge in [-0.3, -0.25) is 4.79 Å². The van der Waals surface area contributed by atoms with E-state index in [1.165, 1.54) is 11.8 Å². The van der Waals surface area contributed by atoms with Gasteiger partial charge < -0.3 is 5.32 Å². The van der Waals surface area contributed by atoms with Crippen LogP contribution >= 0.6 is 23.4 Å². The molecule has 1 fully saturated rings.